The van der Waals surface area contributed by atoms with Crippen molar-refractivity contribution in [3.05, 3.63) is 0 Å². The molecule has 1 amide bonds. The summed E-state index contributed by atoms with van der Waals surface area (Å²) < 4.78 is 5.22. The average Bonchev–Trinajstić information content (AvgIpc) is 2.36. The lowest BCUT2D eigenvalue weighted by Gasteiger charge is -2.32. The van der Waals surface area contributed by atoms with Crippen molar-refractivity contribution in [2.45, 2.75) is 52.2 Å². The summed E-state index contributed by atoms with van der Waals surface area (Å²) in [6, 6.07) is 0.452. The van der Waals surface area contributed by atoms with Gasteiger partial charge in [-0.25, -0.2) is 4.79 Å². The number of rotatable bonds is 6. The van der Waals surface area contributed by atoms with Crippen molar-refractivity contribution >= 4 is 6.09 Å². The molecule has 5 heteroatoms. The molecule has 1 aliphatic heterocycles. The minimum absolute atomic E-state index is 0.184. The van der Waals surface area contributed by atoms with E-state index in [9.17, 15) is 9.90 Å². The Morgan fingerprint density at radius 2 is 2.00 bits per heavy atom. The molecule has 0 saturated carbocycles. The summed E-state index contributed by atoms with van der Waals surface area (Å²) >= 11 is 0. The van der Waals surface area contributed by atoms with Crippen molar-refractivity contribution in [1.82, 2.24) is 10.2 Å². The van der Waals surface area contributed by atoms with E-state index in [4.69, 9.17) is 4.74 Å². The molecule has 1 atom stereocenters. The summed E-state index contributed by atoms with van der Waals surface area (Å²) in [4.78, 5) is 13.5. The Labute approximate surface area is 116 Å². The normalized spacial score (nSPS) is 18.7. The fraction of sp³-hybridized carbons (Fsp3) is 0.929. The number of hydrogen-bond acceptors (Lipinski definition) is 4. The molecular formula is C14H28N2O3. The van der Waals surface area contributed by atoms with Crippen LogP contribution in [0.25, 0.3) is 0 Å². The van der Waals surface area contributed by atoms with Crippen molar-refractivity contribution in [3.63, 3.8) is 0 Å². The molecule has 0 bridgehead atoms. The smallest absolute Gasteiger partial charge is 0.409 e. The maximum Gasteiger partial charge on any atom is 0.409 e. The number of likely N-dealkylation sites (tertiary alicyclic amines) is 1. The SMILES string of the molecule is CC(C)COC(=O)N1CCC(NCCC(C)O)CC1. The Bertz CT molecular complexity index is 261. The van der Waals surface area contributed by atoms with E-state index in [2.05, 4.69) is 5.32 Å². The second-order valence-corrected chi connectivity index (χ2v) is 5.82. The van der Waals surface area contributed by atoms with Crippen molar-refractivity contribution < 1.29 is 14.6 Å². The molecule has 19 heavy (non-hydrogen) atoms. The van der Waals surface area contributed by atoms with Crippen LogP contribution in [0.4, 0.5) is 4.79 Å². The van der Waals surface area contributed by atoms with Crippen LogP contribution in [0.5, 0.6) is 0 Å². The zero-order valence-corrected chi connectivity index (χ0v) is 12.4. The third-order valence-electron chi connectivity index (χ3n) is 3.29. The van der Waals surface area contributed by atoms with Gasteiger partial charge in [0.1, 0.15) is 0 Å². The average molecular weight is 272 g/mol. The number of aliphatic hydroxyl groups excluding tert-OH is 1. The highest BCUT2D eigenvalue weighted by atomic mass is 16.6. The predicted octanol–water partition coefficient (Wildman–Crippen LogP) is 1.60. The van der Waals surface area contributed by atoms with Gasteiger partial charge in [0.05, 0.1) is 12.7 Å². The standard InChI is InChI=1S/C14H28N2O3/c1-11(2)10-19-14(18)16-8-5-13(6-9-16)15-7-4-12(3)17/h11-13,15,17H,4-10H2,1-3H3. The minimum Gasteiger partial charge on any atom is -0.449 e. The van der Waals surface area contributed by atoms with Crippen molar-refractivity contribution in [3.8, 4) is 0 Å². The number of carbonyl (C=O) groups excluding carboxylic acids is 1. The fourth-order valence-corrected chi connectivity index (χ4v) is 2.09. The van der Waals surface area contributed by atoms with E-state index in [-0.39, 0.29) is 12.2 Å². The number of ether oxygens (including phenoxy) is 1. The first-order valence-electron chi connectivity index (χ1n) is 7.32. The van der Waals surface area contributed by atoms with Gasteiger partial charge in [0.2, 0.25) is 0 Å². The summed E-state index contributed by atoms with van der Waals surface area (Å²) in [5.74, 6) is 0.378. The second-order valence-electron chi connectivity index (χ2n) is 5.82. The highest BCUT2D eigenvalue weighted by Gasteiger charge is 2.23. The molecule has 0 spiro atoms. The molecule has 0 aromatic heterocycles. The Kier molecular flexibility index (Phi) is 7.16. The maximum absolute atomic E-state index is 11.8. The van der Waals surface area contributed by atoms with Crippen LogP contribution < -0.4 is 5.32 Å². The molecule has 1 heterocycles. The molecule has 1 fully saturated rings. The summed E-state index contributed by atoms with van der Waals surface area (Å²) in [7, 11) is 0. The largest absolute Gasteiger partial charge is 0.449 e. The third kappa shape index (κ3) is 6.78. The van der Waals surface area contributed by atoms with E-state index in [0.717, 1.165) is 38.9 Å². The Balaban J connectivity index is 2.15. The van der Waals surface area contributed by atoms with E-state index in [1.165, 1.54) is 0 Å². The lowest BCUT2D eigenvalue weighted by molar-refractivity contribution is 0.0816. The lowest BCUT2D eigenvalue weighted by atomic mass is 10.1. The molecule has 2 N–H and O–H groups in total. The van der Waals surface area contributed by atoms with Crippen LogP contribution >= 0.6 is 0 Å². The van der Waals surface area contributed by atoms with Gasteiger partial charge < -0.3 is 20.1 Å². The topological polar surface area (TPSA) is 61.8 Å². The molecule has 5 nitrogen and oxygen atoms in total. The van der Waals surface area contributed by atoms with Crippen molar-refractivity contribution in [2.75, 3.05) is 26.2 Å². The summed E-state index contributed by atoms with van der Waals surface area (Å²) in [5.41, 5.74) is 0. The van der Waals surface area contributed by atoms with Crippen LogP contribution in [-0.2, 0) is 4.74 Å². The number of piperidine rings is 1. The van der Waals surface area contributed by atoms with Gasteiger partial charge in [-0.1, -0.05) is 13.8 Å². The van der Waals surface area contributed by atoms with E-state index in [1.54, 1.807) is 11.8 Å². The fourth-order valence-electron chi connectivity index (χ4n) is 2.09. The predicted molar refractivity (Wildman–Crippen MR) is 75.1 cm³/mol. The number of nitrogens with one attached hydrogen (secondary N) is 1. The van der Waals surface area contributed by atoms with Crippen molar-refractivity contribution in [2.24, 2.45) is 5.92 Å². The van der Waals surface area contributed by atoms with Gasteiger partial charge >= 0.3 is 6.09 Å². The second kappa shape index (κ2) is 8.38. The zero-order chi connectivity index (χ0) is 14.3. The van der Waals surface area contributed by atoms with E-state index in [1.807, 2.05) is 13.8 Å². The van der Waals surface area contributed by atoms with Gasteiger partial charge in [0, 0.05) is 19.1 Å². The minimum atomic E-state index is -0.251. The number of amides is 1. The van der Waals surface area contributed by atoms with Gasteiger partial charge in [-0.05, 0) is 38.6 Å². The molecule has 1 saturated heterocycles. The Morgan fingerprint density at radius 3 is 2.53 bits per heavy atom. The molecule has 0 aromatic carbocycles. The molecule has 0 aliphatic carbocycles. The first-order chi connectivity index (χ1) is 8.99. The van der Waals surface area contributed by atoms with Crippen LogP contribution in [0.3, 0.4) is 0 Å². The van der Waals surface area contributed by atoms with Crippen LogP contribution in [0.15, 0.2) is 0 Å². The summed E-state index contributed by atoms with van der Waals surface area (Å²) in [6.07, 6.45) is 2.25. The molecule has 0 aromatic rings. The van der Waals surface area contributed by atoms with Crippen LogP contribution in [0.1, 0.15) is 40.0 Å². The molecule has 112 valence electrons. The monoisotopic (exact) mass is 272 g/mol. The highest BCUT2D eigenvalue weighted by Crippen LogP contribution is 2.12. The van der Waals surface area contributed by atoms with Crippen LogP contribution in [-0.4, -0.2) is 54.5 Å². The molecule has 1 rings (SSSR count). The molecule has 0 radical (unpaired) electrons. The molecular weight excluding hydrogens is 244 g/mol. The lowest BCUT2D eigenvalue weighted by Crippen LogP contribution is -2.45. The number of nitrogens with zero attached hydrogens (tertiary/aromatic N) is 1. The van der Waals surface area contributed by atoms with E-state index in [0.29, 0.717) is 18.6 Å². The van der Waals surface area contributed by atoms with Crippen LogP contribution in [0, 0.1) is 5.92 Å². The Morgan fingerprint density at radius 1 is 1.37 bits per heavy atom. The van der Waals surface area contributed by atoms with Gasteiger partial charge in [0.25, 0.3) is 0 Å². The summed E-state index contributed by atoms with van der Waals surface area (Å²) in [6.45, 7) is 8.70. The number of carbonyl (C=O) groups is 1. The first kappa shape index (κ1) is 16.2. The maximum atomic E-state index is 11.8. The van der Waals surface area contributed by atoms with E-state index < -0.39 is 0 Å². The van der Waals surface area contributed by atoms with E-state index >= 15 is 0 Å². The third-order valence-corrected chi connectivity index (χ3v) is 3.29. The quantitative estimate of drug-likeness (QED) is 0.771. The van der Waals surface area contributed by atoms with Gasteiger partial charge in [-0.2, -0.15) is 0 Å². The van der Waals surface area contributed by atoms with Gasteiger partial charge in [-0.15, -0.1) is 0 Å². The molecule has 1 aliphatic rings. The van der Waals surface area contributed by atoms with Gasteiger partial charge in [0.15, 0.2) is 0 Å². The zero-order valence-electron chi connectivity index (χ0n) is 12.4. The number of aliphatic hydroxyl groups is 1. The first-order valence-corrected chi connectivity index (χ1v) is 7.32. The Hall–Kier alpha value is -0.810. The summed E-state index contributed by atoms with van der Waals surface area (Å²) in [5, 5.41) is 12.6. The number of hydrogen-bond donors (Lipinski definition) is 2. The molecule has 1 unspecified atom stereocenters. The van der Waals surface area contributed by atoms with Crippen molar-refractivity contribution in [1.29, 1.82) is 0 Å². The highest BCUT2D eigenvalue weighted by molar-refractivity contribution is 5.67. The van der Waals surface area contributed by atoms with Crippen LogP contribution in [0.2, 0.25) is 0 Å². The van der Waals surface area contributed by atoms with Gasteiger partial charge in [-0.3, -0.25) is 0 Å².